The standard InChI is InChI=1S/C11H20/c1-5-6-7-10-8-11(3,4)9(10)2/h5,9-10H,1,6-8H2,2-4H3. The van der Waals surface area contributed by atoms with E-state index in [1.165, 1.54) is 19.3 Å². The Morgan fingerprint density at radius 2 is 2.18 bits per heavy atom. The van der Waals surface area contributed by atoms with Crippen LogP contribution in [0.5, 0.6) is 0 Å². The van der Waals surface area contributed by atoms with Crippen LogP contribution >= 0.6 is 0 Å². The van der Waals surface area contributed by atoms with Crippen molar-refractivity contribution in [2.45, 2.75) is 40.0 Å². The van der Waals surface area contributed by atoms with E-state index in [1.807, 2.05) is 6.08 Å². The maximum Gasteiger partial charge on any atom is -0.0323 e. The maximum absolute atomic E-state index is 3.75. The molecule has 0 heteroatoms. The predicted molar refractivity (Wildman–Crippen MR) is 50.5 cm³/mol. The highest BCUT2D eigenvalue weighted by molar-refractivity contribution is 4.93. The van der Waals surface area contributed by atoms with Gasteiger partial charge in [-0.3, -0.25) is 0 Å². The van der Waals surface area contributed by atoms with Crippen LogP contribution in [0.15, 0.2) is 12.7 Å². The second-order valence-corrected chi connectivity index (χ2v) is 4.61. The fraction of sp³-hybridized carbons (Fsp3) is 0.818. The van der Waals surface area contributed by atoms with Gasteiger partial charge in [0, 0.05) is 0 Å². The van der Waals surface area contributed by atoms with E-state index >= 15 is 0 Å². The van der Waals surface area contributed by atoms with Crippen LogP contribution in [0.2, 0.25) is 0 Å². The van der Waals surface area contributed by atoms with Gasteiger partial charge >= 0.3 is 0 Å². The van der Waals surface area contributed by atoms with Gasteiger partial charge in [0.1, 0.15) is 0 Å². The molecule has 0 spiro atoms. The van der Waals surface area contributed by atoms with Gasteiger partial charge in [0.25, 0.3) is 0 Å². The van der Waals surface area contributed by atoms with E-state index in [2.05, 4.69) is 27.4 Å². The summed E-state index contributed by atoms with van der Waals surface area (Å²) >= 11 is 0. The summed E-state index contributed by atoms with van der Waals surface area (Å²) in [4.78, 5) is 0. The first-order valence-electron chi connectivity index (χ1n) is 4.69. The minimum Gasteiger partial charge on any atom is -0.103 e. The van der Waals surface area contributed by atoms with Crippen LogP contribution in [-0.4, -0.2) is 0 Å². The molecule has 0 aromatic rings. The Hall–Kier alpha value is -0.260. The van der Waals surface area contributed by atoms with Crippen LogP contribution in [-0.2, 0) is 0 Å². The van der Waals surface area contributed by atoms with Crippen molar-refractivity contribution in [3.63, 3.8) is 0 Å². The third kappa shape index (κ3) is 1.66. The van der Waals surface area contributed by atoms with Crippen LogP contribution in [0.1, 0.15) is 40.0 Å². The van der Waals surface area contributed by atoms with E-state index < -0.39 is 0 Å². The number of rotatable bonds is 3. The quantitative estimate of drug-likeness (QED) is 0.542. The Labute approximate surface area is 70.7 Å². The second kappa shape index (κ2) is 3.00. The Morgan fingerprint density at radius 3 is 2.55 bits per heavy atom. The SMILES string of the molecule is C=CCCC1CC(C)(C)C1C. The van der Waals surface area contributed by atoms with Gasteiger partial charge < -0.3 is 0 Å². The summed E-state index contributed by atoms with van der Waals surface area (Å²) in [5.74, 6) is 1.89. The molecule has 11 heavy (non-hydrogen) atoms. The van der Waals surface area contributed by atoms with Gasteiger partial charge in [-0.05, 0) is 36.5 Å². The van der Waals surface area contributed by atoms with E-state index in [0.717, 1.165) is 11.8 Å². The van der Waals surface area contributed by atoms with Crippen molar-refractivity contribution in [1.29, 1.82) is 0 Å². The van der Waals surface area contributed by atoms with Crippen LogP contribution in [0.25, 0.3) is 0 Å². The first kappa shape index (κ1) is 8.83. The van der Waals surface area contributed by atoms with E-state index in [1.54, 1.807) is 0 Å². The van der Waals surface area contributed by atoms with E-state index in [4.69, 9.17) is 0 Å². The Morgan fingerprint density at radius 1 is 1.55 bits per heavy atom. The Kier molecular flexibility index (Phi) is 2.41. The molecule has 1 rings (SSSR count). The molecule has 0 saturated heterocycles. The molecule has 0 heterocycles. The van der Waals surface area contributed by atoms with Crippen molar-refractivity contribution in [2.24, 2.45) is 17.3 Å². The molecular weight excluding hydrogens is 132 g/mol. The summed E-state index contributed by atoms with van der Waals surface area (Å²) < 4.78 is 0. The molecule has 1 aliphatic rings. The summed E-state index contributed by atoms with van der Waals surface area (Å²) in [7, 11) is 0. The van der Waals surface area contributed by atoms with Gasteiger partial charge in [0.15, 0.2) is 0 Å². The first-order valence-corrected chi connectivity index (χ1v) is 4.69. The largest absolute Gasteiger partial charge is 0.103 e. The molecule has 0 bridgehead atoms. The van der Waals surface area contributed by atoms with Crippen LogP contribution in [0.4, 0.5) is 0 Å². The summed E-state index contributed by atoms with van der Waals surface area (Å²) in [5.41, 5.74) is 0.617. The molecule has 2 unspecified atom stereocenters. The molecule has 2 atom stereocenters. The monoisotopic (exact) mass is 152 g/mol. The van der Waals surface area contributed by atoms with Crippen LogP contribution < -0.4 is 0 Å². The van der Waals surface area contributed by atoms with Crippen molar-refractivity contribution in [3.8, 4) is 0 Å². The molecule has 0 radical (unpaired) electrons. The Bertz CT molecular complexity index is 144. The molecule has 0 aromatic heterocycles. The summed E-state index contributed by atoms with van der Waals surface area (Å²) in [6.45, 7) is 10.9. The minimum atomic E-state index is 0.617. The maximum atomic E-state index is 3.75. The topological polar surface area (TPSA) is 0 Å². The van der Waals surface area contributed by atoms with Crippen molar-refractivity contribution < 1.29 is 0 Å². The number of allylic oxidation sites excluding steroid dienone is 1. The molecule has 0 N–H and O–H groups in total. The van der Waals surface area contributed by atoms with Gasteiger partial charge in [0.05, 0.1) is 0 Å². The zero-order chi connectivity index (χ0) is 8.48. The second-order valence-electron chi connectivity index (χ2n) is 4.61. The lowest BCUT2D eigenvalue weighted by atomic mass is 9.55. The third-order valence-electron chi connectivity index (χ3n) is 3.47. The molecule has 0 nitrogen and oxygen atoms in total. The van der Waals surface area contributed by atoms with Crippen LogP contribution in [0.3, 0.4) is 0 Å². The average molecular weight is 152 g/mol. The molecule has 1 saturated carbocycles. The Balaban J connectivity index is 2.27. The summed E-state index contributed by atoms with van der Waals surface area (Å²) in [6, 6.07) is 0. The number of hydrogen-bond acceptors (Lipinski definition) is 0. The van der Waals surface area contributed by atoms with Crippen molar-refractivity contribution in [1.82, 2.24) is 0 Å². The molecule has 0 amide bonds. The third-order valence-corrected chi connectivity index (χ3v) is 3.47. The van der Waals surface area contributed by atoms with Crippen molar-refractivity contribution >= 4 is 0 Å². The molecular formula is C11H20. The van der Waals surface area contributed by atoms with Gasteiger partial charge in [-0.1, -0.05) is 26.8 Å². The zero-order valence-corrected chi connectivity index (χ0v) is 8.06. The van der Waals surface area contributed by atoms with E-state index in [9.17, 15) is 0 Å². The molecule has 1 aliphatic carbocycles. The first-order chi connectivity index (χ1) is 5.08. The summed E-state index contributed by atoms with van der Waals surface area (Å²) in [5, 5.41) is 0. The van der Waals surface area contributed by atoms with Gasteiger partial charge in [-0.15, -0.1) is 6.58 Å². The predicted octanol–water partition coefficient (Wildman–Crippen LogP) is 3.63. The highest BCUT2D eigenvalue weighted by Gasteiger charge is 2.42. The van der Waals surface area contributed by atoms with Gasteiger partial charge in [-0.25, -0.2) is 0 Å². The van der Waals surface area contributed by atoms with Crippen molar-refractivity contribution in [3.05, 3.63) is 12.7 Å². The van der Waals surface area contributed by atoms with E-state index in [0.29, 0.717) is 5.41 Å². The summed E-state index contributed by atoms with van der Waals surface area (Å²) in [6.07, 6.45) is 6.01. The fourth-order valence-electron chi connectivity index (χ4n) is 2.20. The lowest BCUT2D eigenvalue weighted by molar-refractivity contribution is -0.00146. The van der Waals surface area contributed by atoms with Crippen LogP contribution in [0, 0.1) is 17.3 Å². The zero-order valence-electron chi connectivity index (χ0n) is 8.06. The van der Waals surface area contributed by atoms with E-state index in [-0.39, 0.29) is 0 Å². The highest BCUT2D eigenvalue weighted by atomic mass is 14.5. The highest BCUT2D eigenvalue weighted by Crippen LogP contribution is 2.51. The molecule has 64 valence electrons. The number of hydrogen-bond donors (Lipinski definition) is 0. The average Bonchev–Trinajstić information content (AvgIpc) is 1.97. The smallest absolute Gasteiger partial charge is 0.0323 e. The molecule has 1 fully saturated rings. The normalized spacial score (nSPS) is 34.5. The lowest BCUT2D eigenvalue weighted by Crippen LogP contribution is -2.41. The minimum absolute atomic E-state index is 0.617. The lowest BCUT2D eigenvalue weighted by Gasteiger charge is -2.50. The molecule has 0 aromatic carbocycles. The van der Waals surface area contributed by atoms with Gasteiger partial charge in [-0.2, -0.15) is 0 Å². The fourth-order valence-corrected chi connectivity index (χ4v) is 2.20. The molecule has 0 aliphatic heterocycles. The van der Waals surface area contributed by atoms with Gasteiger partial charge in [0.2, 0.25) is 0 Å². The van der Waals surface area contributed by atoms with Crippen molar-refractivity contribution in [2.75, 3.05) is 0 Å².